The third kappa shape index (κ3) is 8.66. The number of nitrogens with zero attached hydrogens (tertiary/aromatic N) is 3. The Labute approximate surface area is 132 Å². The molecule has 0 bridgehead atoms. The SMILES string of the molecule is CC.CCCNC.CCc1nc(C)nc(N(C)C)c1CC. The third-order valence-corrected chi connectivity index (χ3v) is 2.79. The lowest BCUT2D eigenvalue weighted by molar-refractivity contribution is 0.772. The molecule has 1 N–H and O–H groups in total. The highest BCUT2D eigenvalue weighted by Gasteiger charge is 2.11. The molecule has 0 aliphatic carbocycles. The van der Waals surface area contributed by atoms with Gasteiger partial charge in [-0.25, -0.2) is 9.97 Å². The lowest BCUT2D eigenvalue weighted by Crippen LogP contribution is -2.16. The van der Waals surface area contributed by atoms with Crippen LogP contribution in [0.4, 0.5) is 5.82 Å². The van der Waals surface area contributed by atoms with Crippen LogP contribution in [-0.4, -0.2) is 37.7 Å². The van der Waals surface area contributed by atoms with E-state index in [4.69, 9.17) is 0 Å². The van der Waals surface area contributed by atoms with Crippen LogP contribution in [0, 0.1) is 6.92 Å². The molecule has 0 unspecified atom stereocenters. The minimum absolute atomic E-state index is 0.864. The fraction of sp³-hybridized carbons (Fsp3) is 0.765. The van der Waals surface area contributed by atoms with E-state index in [-0.39, 0.29) is 0 Å². The van der Waals surface area contributed by atoms with Crippen molar-refractivity contribution >= 4 is 5.82 Å². The van der Waals surface area contributed by atoms with Crippen molar-refractivity contribution in [1.29, 1.82) is 0 Å². The summed E-state index contributed by atoms with van der Waals surface area (Å²) in [5.41, 5.74) is 2.46. The first-order valence-corrected chi connectivity index (χ1v) is 8.19. The van der Waals surface area contributed by atoms with Crippen molar-refractivity contribution in [2.75, 3.05) is 32.6 Å². The van der Waals surface area contributed by atoms with E-state index in [1.807, 2.05) is 41.9 Å². The van der Waals surface area contributed by atoms with Crippen LogP contribution in [0.5, 0.6) is 0 Å². The zero-order valence-corrected chi connectivity index (χ0v) is 15.7. The summed E-state index contributed by atoms with van der Waals surface area (Å²) in [6.07, 6.45) is 3.21. The van der Waals surface area contributed by atoms with E-state index in [1.165, 1.54) is 17.7 Å². The molecule has 4 nitrogen and oxygen atoms in total. The van der Waals surface area contributed by atoms with Crippen LogP contribution in [0.15, 0.2) is 0 Å². The largest absolute Gasteiger partial charge is 0.362 e. The molecular weight excluding hydrogens is 260 g/mol. The molecule has 0 fully saturated rings. The summed E-state index contributed by atoms with van der Waals surface area (Å²) in [4.78, 5) is 11.0. The van der Waals surface area contributed by atoms with E-state index in [2.05, 4.69) is 41.0 Å². The first kappa shape index (κ1) is 22.1. The minimum atomic E-state index is 0.864. The Balaban J connectivity index is 0. The molecule has 0 saturated heterocycles. The van der Waals surface area contributed by atoms with Crippen molar-refractivity contribution in [3.05, 3.63) is 17.1 Å². The van der Waals surface area contributed by atoms with Crippen molar-refractivity contribution in [2.45, 2.75) is 60.8 Å². The third-order valence-electron chi connectivity index (χ3n) is 2.79. The number of anilines is 1. The Morgan fingerprint density at radius 2 is 1.57 bits per heavy atom. The summed E-state index contributed by atoms with van der Waals surface area (Å²) >= 11 is 0. The van der Waals surface area contributed by atoms with Gasteiger partial charge in [0, 0.05) is 25.4 Å². The maximum Gasteiger partial charge on any atom is 0.135 e. The van der Waals surface area contributed by atoms with Gasteiger partial charge in [0.25, 0.3) is 0 Å². The van der Waals surface area contributed by atoms with Crippen molar-refractivity contribution < 1.29 is 0 Å². The van der Waals surface area contributed by atoms with Crippen molar-refractivity contribution in [3.8, 4) is 0 Å². The van der Waals surface area contributed by atoms with Gasteiger partial charge >= 0.3 is 0 Å². The molecule has 0 atom stereocenters. The minimum Gasteiger partial charge on any atom is -0.362 e. The van der Waals surface area contributed by atoms with Crippen molar-refractivity contribution in [2.24, 2.45) is 0 Å². The maximum atomic E-state index is 4.47. The fourth-order valence-electron chi connectivity index (χ4n) is 1.91. The van der Waals surface area contributed by atoms with E-state index in [1.54, 1.807) is 0 Å². The van der Waals surface area contributed by atoms with Gasteiger partial charge in [-0.05, 0) is 39.8 Å². The number of aryl methyl sites for hydroxylation is 2. The van der Waals surface area contributed by atoms with Gasteiger partial charge in [0.2, 0.25) is 0 Å². The highest BCUT2D eigenvalue weighted by Crippen LogP contribution is 2.20. The quantitative estimate of drug-likeness (QED) is 0.901. The van der Waals surface area contributed by atoms with Crippen LogP contribution in [-0.2, 0) is 12.8 Å². The first-order chi connectivity index (χ1) is 10.0. The lowest BCUT2D eigenvalue weighted by Gasteiger charge is -2.18. The van der Waals surface area contributed by atoms with E-state index in [0.717, 1.165) is 31.0 Å². The monoisotopic (exact) mass is 296 g/mol. The Kier molecular flexibility index (Phi) is 14.5. The Morgan fingerprint density at radius 3 is 1.86 bits per heavy atom. The second kappa shape index (κ2) is 13.8. The molecule has 0 saturated carbocycles. The van der Waals surface area contributed by atoms with Gasteiger partial charge in [-0.2, -0.15) is 0 Å². The predicted octanol–water partition coefficient (Wildman–Crippen LogP) is 3.62. The lowest BCUT2D eigenvalue weighted by atomic mass is 10.1. The average Bonchev–Trinajstić information content (AvgIpc) is 2.49. The Morgan fingerprint density at radius 1 is 1.00 bits per heavy atom. The van der Waals surface area contributed by atoms with E-state index >= 15 is 0 Å². The second-order valence-electron chi connectivity index (χ2n) is 4.72. The van der Waals surface area contributed by atoms with Crippen LogP contribution in [0.3, 0.4) is 0 Å². The van der Waals surface area contributed by atoms with Crippen molar-refractivity contribution in [3.63, 3.8) is 0 Å². The molecule has 0 aromatic carbocycles. The van der Waals surface area contributed by atoms with Crippen LogP contribution >= 0.6 is 0 Å². The normalized spacial score (nSPS) is 9.19. The van der Waals surface area contributed by atoms with Gasteiger partial charge in [-0.1, -0.05) is 34.6 Å². The van der Waals surface area contributed by atoms with Gasteiger partial charge in [0.15, 0.2) is 0 Å². The van der Waals surface area contributed by atoms with Gasteiger partial charge in [0.05, 0.1) is 0 Å². The smallest absolute Gasteiger partial charge is 0.135 e. The highest BCUT2D eigenvalue weighted by atomic mass is 15.2. The Hall–Kier alpha value is -1.16. The Bertz CT molecular complexity index is 360. The average molecular weight is 297 g/mol. The van der Waals surface area contributed by atoms with Crippen molar-refractivity contribution in [1.82, 2.24) is 15.3 Å². The molecule has 0 radical (unpaired) electrons. The summed E-state index contributed by atoms with van der Waals surface area (Å²) in [6.45, 7) is 13.5. The topological polar surface area (TPSA) is 41.1 Å². The summed E-state index contributed by atoms with van der Waals surface area (Å²) in [5, 5.41) is 3.02. The van der Waals surface area contributed by atoms with Crippen LogP contribution in [0.1, 0.15) is 58.1 Å². The number of nitrogens with one attached hydrogen (secondary N) is 1. The summed E-state index contributed by atoms with van der Waals surface area (Å²) in [5.74, 6) is 1.93. The number of hydrogen-bond acceptors (Lipinski definition) is 4. The molecule has 124 valence electrons. The molecule has 0 amide bonds. The second-order valence-corrected chi connectivity index (χ2v) is 4.72. The molecule has 4 heteroatoms. The summed E-state index contributed by atoms with van der Waals surface area (Å²) in [6, 6.07) is 0. The molecule has 21 heavy (non-hydrogen) atoms. The molecule has 0 spiro atoms. The van der Waals surface area contributed by atoms with E-state index in [9.17, 15) is 0 Å². The molecule has 1 aromatic rings. The van der Waals surface area contributed by atoms with Crippen LogP contribution in [0.2, 0.25) is 0 Å². The van der Waals surface area contributed by atoms with Gasteiger partial charge in [-0.15, -0.1) is 0 Å². The zero-order valence-electron chi connectivity index (χ0n) is 15.7. The zero-order chi connectivity index (χ0) is 16.8. The summed E-state index contributed by atoms with van der Waals surface area (Å²) < 4.78 is 0. The maximum absolute atomic E-state index is 4.47. The highest BCUT2D eigenvalue weighted by molar-refractivity contribution is 5.48. The van der Waals surface area contributed by atoms with Gasteiger partial charge < -0.3 is 10.2 Å². The number of hydrogen-bond donors (Lipinski definition) is 1. The van der Waals surface area contributed by atoms with Gasteiger partial charge in [-0.3, -0.25) is 0 Å². The molecule has 0 aliphatic rings. The fourth-order valence-corrected chi connectivity index (χ4v) is 1.91. The van der Waals surface area contributed by atoms with Gasteiger partial charge in [0.1, 0.15) is 11.6 Å². The number of rotatable bonds is 5. The van der Waals surface area contributed by atoms with Crippen LogP contribution in [0.25, 0.3) is 0 Å². The standard InChI is InChI=1S/C11H19N3.C4H11N.C2H6/c1-6-9-10(7-2)12-8(3)13-11(9)14(4)5;1-3-4-5-2;1-2/h6-7H2,1-5H3;5H,3-4H2,1-2H3;1-2H3. The molecule has 1 rings (SSSR count). The predicted molar refractivity (Wildman–Crippen MR) is 95.4 cm³/mol. The molecular formula is C17H36N4. The molecule has 1 heterocycles. The first-order valence-electron chi connectivity index (χ1n) is 8.19. The van der Waals surface area contributed by atoms with Crippen LogP contribution < -0.4 is 10.2 Å². The molecule has 0 aliphatic heterocycles. The molecule has 1 aromatic heterocycles. The number of aromatic nitrogens is 2. The summed E-state index contributed by atoms with van der Waals surface area (Å²) in [7, 11) is 6.02. The van der Waals surface area contributed by atoms with E-state index in [0.29, 0.717) is 0 Å². The van der Waals surface area contributed by atoms with E-state index < -0.39 is 0 Å².